The van der Waals surface area contributed by atoms with Gasteiger partial charge in [-0.05, 0) is 37.8 Å². The summed E-state index contributed by atoms with van der Waals surface area (Å²) in [5.41, 5.74) is 0.633. The SMILES string of the molecule is C[C@@H]1CCCN2C(=O)C[C@H](C)[C@H](N3C(=O)c4ccccc4C3=O)C(=O)N12. The van der Waals surface area contributed by atoms with E-state index in [1.807, 2.05) is 6.92 Å². The van der Waals surface area contributed by atoms with Crippen molar-refractivity contribution in [3.63, 3.8) is 0 Å². The Balaban J connectivity index is 1.76. The third-order valence-electron chi connectivity index (χ3n) is 5.58. The molecule has 0 aromatic heterocycles. The summed E-state index contributed by atoms with van der Waals surface area (Å²) in [6.07, 6.45) is 1.76. The van der Waals surface area contributed by atoms with E-state index in [0.29, 0.717) is 17.7 Å². The lowest BCUT2D eigenvalue weighted by molar-refractivity contribution is -0.172. The second-order valence-electron chi connectivity index (χ2n) is 7.34. The van der Waals surface area contributed by atoms with Crippen LogP contribution in [0.4, 0.5) is 0 Å². The number of hydrogen-bond acceptors (Lipinski definition) is 4. The van der Waals surface area contributed by atoms with E-state index in [0.717, 1.165) is 17.7 Å². The number of rotatable bonds is 1. The highest BCUT2D eigenvalue weighted by molar-refractivity contribution is 6.23. The fourth-order valence-corrected chi connectivity index (χ4v) is 4.28. The van der Waals surface area contributed by atoms with Crippen LogP contribution in [0.2, 0.25) is 0 Å². The van der Waals surface area contributed by atoms with Gasteiger partial charge in [0.2, 0.25) is 5.91 Å². The normalized spacial score (nSPS) is 29.0. The molecule has 2 fully saturated rings. The summed E-state index contributed by atoms with van der Waals surface area (Å²) in [5, 5.41) is 2.98. The van der Waals surface area contributed by atoms with Crippen molar-refractivity contribution < 1.29 is 19.2 Å². The van der Waals surface area contributed by atoms with Gasteiger partial charge >= 0.3 is 0 Å². The second kappa shape index (κ2) is 5.93. The van der Waals surface area contributed by atoms with Crippen molar-refractivity contribution >= 4 is 23.6 Å². The van der Waals surface area contributed by atoms with Crippen molar-refractivity contribution in [2.75, 3.05) is 6.54 Å². The Morgan fingerprint density at radius 3 is 2.19 bits per heavy atom. The van der Waals surface area contributed by atoms with Gasteiger partial charge in [-0.15, -0.1) is 0 Å². The maximum Gasteiger partial charge on any atom is 0.265 e. The van der Waals surface area contributed by atoms with E-state index in [4.69, 9.17) is 0 Å². The highest BCUT2D eigenvalue weighted by Gasteiger charge is 2.50. The molecular weight excluding hydrogens is 334 g/mol. The van der Waals surface area contributed by atoms with E-state index in [9.17, 15) is 19.2 Å². The van der Waals surface area contributed by atoms with Gasteiger partial charge in [-0.25, -0.2) is 5.01 Å². The van der Waals surface area contributed by atoms with E-state index >= 15 is 0 Å². The number of hydrazine groups is 1. The molecule has 3 aliphatic rings. The van der Waals surface area contributed by atoms with Gasteiger partial charge < -0.3 is 0 Å². The molecule has 4 amide bonds. The molecule has 0 bridgehead atoms. The molecule has 0 N–H and O–H groups in total. The summed E-state index contributed by atoms with van der Waals surface area (Å²) in [4.78, 5) is 52.8. The van der Waals surface area contributed by atoms with Crippen LogP contribution < -0.4 is 0 Å². The molecule has 7 heteroatoms. The quantitative estimate of drug-likeness (QED) is 0.714. The topological polar surface area (TPSA) is 78.0 Å². The van der Waals surface area contributed by atoms with Gasteiger partial charge in [-0.3, -0.25) is 29.1 Å². The number of amides is 4. The minimum absolute atomic E-state index is 0.128. The molecule has 7 nitrogen and oxygen atoms in total. The Labute approximate surface area is 151 Å². The lowest BCUT2D eigenvalue weighted by Crippen LogP contribution is -2.60. The molecule has 2 saturated heterocycles. The van der Waals surface area contributed by atoms with Crippen molar-refractivity contribution in [2.24, 2.45) is 5.92 Å². The number of hydrogen-bond donors (Lipinski definition) is 0. The summed E-state index contributed by atoms with van der Waals surface area (Å²) in [7, 11) is 0. The van der Waals surface area contributed by atoms with Crippen LogP contribution >= 0.6 is 0 Å². The first-order valence-electron chi connectivity index (χ1n) is 9.02. The molecule has 1 aromatic carbocycles. The molecule has 26 heavy (non-hydrogen) atoms. The zero-order valence-electron chi connectivity index (χ0n) is 14.8. The number of carbonyl (C=O) groups excluding carboxylic acids is 4. The minimum atomic E-state index is -0.961. The average Bonchev–Trinajstić information content (AvgIpc) is 2.81. The standard InChI is InChI=1S/C19H21N3O4/c1-11-10-15(23)20-9-5-6-12(2)22(20)19(26)16(11)21-17(24)13-7-3-4-8-14(13)18(21)25/h3-4,7-8,11-12,16H,5-6,9-10H2,1-2H3/t11-,12+,16-/m0/s1. The number of benzene rings is 1. The van der Waals surface area contributed by atoms with Crippen LogP contribution in [0.1, 0.15) is 53.8 Å². The van der Waals surface area contributed by atoms with Gasteiger partial charge in [0.25, 0.3) is 17.7 Å². The minimum Gasteiger partial charge on any atom is -0.273 e. The molecule has 0 saturated carbocycles. The predicted molar refractivity (Wildman–Crippen MR) is 91.8 cm³/mol. The lowest BCUT2D eigenvalue weighted by atomic mass is 9.96. The highest BCUT2D eigenvalue weighted by atomic mass is 16.2. The van der Waals surface area contributed by atoms with E-state index in [1.165, 1.54) is 10.0 Å². The number of nitrogens with zero attached hydrogens (tertiary/aromatic N) is 3. The van der Waals surface area contributed by atoms with E-state index in [-0.39, 0.29) is 24.3 Å². The fraction of sp³-hybridized carbons (Fsp3) is 0.474. The van der Waals surface area contributed by atoms with Gasteiger partial charge in [0.1, 0.15) is 6.04 Å². The van der Waals surface area contributed by atoms with Crippen LogP contribution in [0.15, 0.2) is 24.3 Å². The number of imide groups is 1. The summed E-state index contributed by atoms with van der Waals surface area (Å²) < 4.78 is 0. The Hall–Kier alpha value is -2.70. The average molecular weight is 355 g/mol. The summed E-state index contributed by atoms with van der Waals surface area (Å²) >= 11 is 0. The lowest BCUT2D eigenvalue weighted by Gasteiger charge is -2.43. The molecule has 0 unspecified atom stereocenters. The van der Waals surface area contributed by atoms with Crippen molar-refractivity contribution in [1.29, 1.82) is 0 Å². The molecule has 0 aliphatic carbocycles. The van der Waals surface area contributed by atoms with Crippen molar-refractivity contribution in [3.8, 4) is 0 Å². The van der Waals surface area contributed by atoms with Crippen molar-refractivity contribution in [2.45, 2.75) is 45.2 Å². The van der Waals surface area contributed by atoms with Crippen molar-refractivity contribution in [3.05, 3.63) is 35.4 Å². The Bertz CT molecular complexity index is 786. The fourth-order valence-electron chi connectivity index (χ4n) is 4.28. The molecule has 0 radical (unpaired) electrons. The van der Waals surface area contributed by atoms with Crippen LogP contribution in [0.3, 0.4) is 0 Å². The Kier molecular flexibility index (Phi) is 3.82. The molecular formula is C19H21N3O4. The molecule has 0 spiro atoms. The summed E-state index contributed by atoms with van der Waals surface area (Å²) in [6, 6.07) is 5.50. The molecule has 3 heterocycles. The Morgan fingerprint density at radius 1 is 0.962 bits per heavy atom. The zero-order chi connectivity index (χ0) is 18.6. The van der Waals surface area contributed by atoms with E-state index < -0.39 is 23.8 Å². The van der Waals surface area contributed by atoms with Crippen molar-refractivity contribution in [1.82, 2.24) is 14.9 Å². The van der Waals surface area contributed by atoms with E-state index in [1.54, 1.807) is 31.2 Å². The first kappa shape index (κ1) is 16.8. The molecule has 3 atom stereocenters. The van der Waals surface area contributed by atoms with Crippen LogP contribution in [0.5, 0.6) is 0 Å². The second-order valence-corrected chi connectivity index (χ2v) is 7.34. The molecule has 1 aromatic rings. The van der Waals surface area contributed by atoms with Crippen LogP contribution in [0.25, 0.3) is 0 Å². The van der Waals surface area contributed by atoms with Gasteiger partial charge in [0.15, 0.2) is 0 Å². The first-order chi connectivity index (χ1) is 12.4. The molecule has 136 valence electrons. The largest absolute Gasteiger partial charge is 0.273 e. The van der Waals surface area contributed by atoms with Gasteiger partial charge in [0, 0.05) is 13.0 Å². The third-order valence-corrected chi connectivity index (χ3v) is 5.58. The predicted octanol–water partition coefficient (Wildman–Crippen LogP) is 1.45. The zero-order valence-corrected chi connectivity index (χ0v) is 14.8. The number of fused-ring (bicyclic) bond motifs is 2. The maximum absolute atomic E-state index is 13.4. The first-order valence-corrected chi connectivity index (χ1v) is 9.02. The summed E-state index contributed by atoms with van der Waals surface area (Å²) in [5.74, 6) is -1.82. The van der Waals surface area contributed by atoms with Crippen LogP contribution in [-0.2, 0) is 9.59 Å². The molecule has 4 rings (SSSR count). The molecule has 3 aliphatic heterocycles. The Morgan fingerprint density at radius 2 is 1.58 bits per heavy atom. The highest BCUT2D eigenvalue weighted by Crippen LogP contribution is 2.33. The monoisotopic (exact) mass is 355 g/mol. The maximum atomic E-state index is 13.4. The van der Waals surface area contributed by atoms with Crippen LogP contribution in [-0.4, -0.2) is 57.2 Å². The van der Waals surface area contributed by atoms with Gasteiger partial charge in [-0.2, -0.15) is 0 Å². The number of carbonyl (C=O) groups is 4. The van der Waals surface area contributed by atoms with Gasteiger partial charge in [-0.1, -0.05) is 19.1 Å². The van der Waals surface area contributed by atoms with Gasteiger partial charge in [0.05, 0.1) is 17.2 Å². The van der Waals surface area contributed by atoms with Crippen LogP contribution in [0, 0.1) is 5.92 Å². The summed E-state index contributed by atoms with van der Waals surface area (Å²) in [6.45, 7) is 4.15. The third kappa shape index (κ3) is 2.26. The smallest absolute Gasteiger partial charge is 0.265 e. The van der Waals surface area contributed by atoms with E-state index in [2.05, 4.69) is 0 Å².